The summed E-state index contributed by atoms with van der Waals surface area (Å²) in [7, 11) is 0. The molecule has 136 valence electrons. The molecular formula is C17H28BrIN4O. The molecule has 1 aromatic carbocycles. The molecule has 24 heavy (non-hydrogen) atoms. The van der Waals surface area contributed by atoms with Crippen LogP contribution >= 0.6 is 39.9 Å². The first-order chi connectivity index (χ1) is 11.2. The minimum atomic E-state index is 0. The lowest BCUT2D eigenvalue weighted by atomic mass is 10.1. The average molecular weight is 511 g/mol. The van der Waals surface area contributed by atoms with Crippen molar-refractivity contribution in [3.63, 3.8) is 0 Å². The Kier molecular flexibility index (Phi) is 10.7. The van der Waals surface area contributed by atoms with E-state index in [0.717, 1.165) is 56.7 Å². The number of hydrogen-bond donors (Lipinski definition) is 2. The summed E-state index contributed by atoms with van der Waals surface area (Å²) in [6.07, 6.45) is 2.11. The Balaban J connectivity index is 0.00000288. The predicted molar refractivity (Wildman–Crippen MR) is 115 cm³/mol. The van der Waals surface area contributed by atoms with Crippen molar-refractivity contribution in [1.82, 2.24) is 5.32 Å². The Labute approximate surface area is 170 Å². The fraction of sp³-hybridized carbons (Fsp3) is 0.588. The van der Waals surface area contributed by atoms with Crippen molar-refractivity contribution in [2.45, 2.75) is 19.8 Å². The van der Waals surface area contributed by atoms with Gasteiger partial charge in [0.05, 0.1) is 0 Å². The molecule has 0 amide bonds. The number of halogens is 2. The van der Waals surface area contributed by atoms with E-state index in [1.54, 1.807) is 0 Å². The zero-order valence-corrected chi connectivity index (χ0v) is 18.1. The summed E-state index contributed by atoms with van der Waals surface area (Å²) in [4.78, 5) is 6.89. The van der Waals surface area contributed by atoms with Crippen LogP contribution in [0.25, 0.3) is 0 Å². The zero-order valence-electron chi connectivity index (χ0n) is 14.2. The quantitative estimate of drug-likeness (QED) is 0.244. The summed E-state index contributed by atoms with van der Waals surface area (Å²) < 4.78 is 6.41. The van der Waals surface area contributed by atoms with Crippen LogP contribution in [0, 0.1) is 5.92 Å². The Morgan fingerprint density at radius 3 is 3.08 bits per heavy atom. The summed E-state index contributed by atoms with van der Waals surface area (Å²) in [5.74, 6) is 1.11. The van der Waals surface area contributed by atoms with Gasteiger partial charge in [0.1, 0.15) is 0 Å². The second-order valence-electron chi connectivity index (χ2n) is 5.78. The molecule has 5 nitrogen and oxygen atoms in total. The molecule has 0 radical (unpaired) electrons. The van der Waals surface area contributed by atoms with Crippen molar-refractivity contribution in [3.05, 3.63) is 28.7 Å². The third-order valence-electron chi connectivity index (χ3n) is 3.95. The van der Waals surface area contributed by atoms with Crippen LogP contribution in [0.15, 0.2) is 33.7 Å². The number of anilines is 1. The van der Waals surface area contributed by atoms with Gasteiger partial charge in [-0.05, 0) is 43.9 Å². The number of nitrogens with two attached hydrogens (primary N) is 1. The van der Waals surface area contributed by atoms with Gasteiger partial charge < -0.3 is 20.7 Å². The van der Waals surface area contributed by atoms with E-state index in [-0.39, 0.29) is 24.0 Å². The van der Waals surface area contributed by atoms with Gasteiger partial charge in [-0.15, -0.1) is 24.0 Å². The lowest BCUT2D eigenvalue weighted by molar-refractivity contribution is 0.145. The molecule has 0 spiro atoms. The second kappa shape index (κ2) is 11.9. The number of hydrogen-bond acceptors (Lipinski definition) is 3. The first-order valence-electron chi connectivity index (χ1n) is 8.31. The van der Waals surface area contributed by atoms with Gasteiger partial charge in [-0.2, -0.15) is 0 Å². The number of rotatable bonds is 8. The molecule has 0 bridgehead atoms. The first-order valence-corrected chi connectivity index (χ1v) is 9.10. The minimum absolute atomic E-state index is 0. The molecule has 1 aromatic rings. The van der Waals surface area contributed by atoms with Crippen molar-refractivity contribution < 1.29 is 4.74 Å². The molecule has 3 N–H and O–H groups in total. The maximum atomic E-state index is 5.91. The average Bonchev–Trinajstić information content (AvgIpc) is 3.02. The molecule has 1 atom stereocenters. The van der Waals surface area contributed by atoms with Gasteiger partial charge in [-0.25, -0.2) is 0 Å². The summed E-state index contributed by atoms with van der Waals surface area (Å²) in [6, 6.07) is 8.46. The van der Waals surface area contributed by atoms with Gasteiger partial charge in [0.15, 0.2) is 5.96 Å². The molecule has 0 aromatic heterocycles. The monoisotopic (exact) mass is 510 g/mol. The highest BCUT2D eigenvalue weighted by atomic mass is 127. The van der Waals surface area contributed by atoms with Gasteiger partial charge in [-0.3, -0.25) is 4.99 Å². The third-order valence-corrected chi connectivity index (χ3v) is 4.45. The molecule has 7 heteroatoms. The summed E-state index contributed by atoms with van der Waals surface area (Å²) in [6.45, 7) is 7.25. The SMILES string of the molecule is CCOCCCNC(N)=NCC1CCN(c2cccc(Br)c2)C1.I. The highest BCUT2D eigenvalue weighted by Gasteiger charge is 2.22. The molecule has 1 saturated heterocycles. The largest absolute Gasteiger partial charge is 0.382 e. The van der Waals surface area contributed by atoms with E-state index in [2.05, 4.69) is 55.4 Å². The minimum Gasteiger partial charge on any atom is -0.382 e. The highest BCUT2D eigenvalue weighted by Crippen LogP contribution is 2.26. The predicted octanol–water partition coefficient (Wildman–Crippen LogP) is 3.22. The summed E-state index contributed by atoms with van der Waals surface area (Å²) in [5.41, 5.74) is 7.18. The van der Waals surface area contributed by atoms with E-state index in [1.165, 1.54) is 5.69 Å². The van der Waals surface area contributed by atoms with Crippen LogP contribution in [-0.4, -0.2) is 45.4 Å². The summed E-state index contributed by atoms with van der Waals surface area (Å²) in [5, 5.41) is 3.14. The molecule has 1 heterocycles. The third kappa shape index (κ3) is 7.57. The van der Waals surface area contributed by atoms with Crippen LogP contribution in [0.5, 0.6) is 0 Å². The zero-order chi connectivity index (χ0) is 16.5. The van der Waals surface area contributed by atoms with E-state index in [0.29, 0.717) is 11.9 Å². The Morgan fingerprint density at radius 2 is 2.33 bits per heavy atom. The number of guanidine groups is 1. The molecule has 1 aliphatic rings. The highest BCUT2D eigenvalue weighted by molar-refractivity contribution is 14.0. The normalized spacial score (nSPS) is 17.7. The Bertz CT molecular complexity index is 515. The van der Waals surface area contributed by atoms with Gasteiger partial charge in [-0.1, -0.05) is 22.0 Å². The molecule has 0 saturated carbocycles. The van der Waals surface area contributed by atoms with Crippen LogP contribution < -0.4 is 16.0 Å². The van der Waals surface area contributed by atoms with E-state index < -0.39 is 0 Å². The van der Waals surface area contributed by atoms with Gasteiger partial charge in [0.2, 0.25) is 0 Å². The first kappa shape index (κ1) is 21.5. The molecule has 1 aliphatic heterocycles. The molecule has 0 aliphatic carbocycles. The smallest absolute Gasteiger partial charge is 0.188 e. The van der Waals surface area contributed by atoms with Crippen molar-refractivity contribution in [3.8, 4) is 0 Å². The van der Waals surface area contributed by atoms with E-state index in [9.17, 15) is 0 Å². The lowest BCUT2D eigenvalue weighted by Gasteiger charge is -2.18. The number of benzene rings is 1. The molecule has 1 fully saturated rings. The second-order valence-corrected chi connectivity index (χ2v) is 6.70. The Hall–Kier alpha value is -0.540. The number of ether oxygens (including phenoxy) is 1. The van der Waals surface area contributed by atoms with E-state index in [1.807, 2.05) is 6.92 Å². The Morgan fingerprint density at radius 1 is 1.50 bits per heavy atom. The standard InChI is InChI=1S/C17H27BrN4O.HI/c1-2-23-10-4-8-20-17(19)21-12-14-7-9-22(13-14)16-6-3-5-15(18)11-16;/h3,5-6,11,14H,2,4,7-10,12-13H2,1H3,(H3,19,20,21);1H. The number of aliphatic imine (C=N–C) groups is 1. The van der Waals surface area contributed by atoms with E-state index >= 15 is 0 Å². The van der Waals surface area contributed by atoms with Gasteiger partial charge in [0.25, 0.3) is 0 Å². The van der Waals surface area contributed by atoms with Crippen molar-refractivity contribution >= 4 is 51.6 Å². The van der Waals surface area contributed by atoms with Crippen LogP contribution in [0.1, 0.15) is 19.8 Å². The van der Waals surface area contributed by atoms with Crippen molar-refractivity contribution in [2.24, 2.45) is 16.6 Å². The van der Waals surface area contributed by atoms with Crippen LogP contribution in [0.3, 0.4) is 0 Å². The van der Waals surface area contributed by atoms with Gasteiger partial charge >= 0.3 is 0 Å². The van der Waals surface area contributed by atoms with Crippen LogP contribution in [-0.2, 0) is 4.74 Å². The van der Waals surface area contributed by atoms with Crippen LogP contribution in [0.2, 0.25) is 0 Å². The molecule has 2 rings (SSSR count). The molecule has 1 unspecified atom stereocenters. The van der Waals surface area contributed by atoms with Gasteiger partial charge in [0, 0.05) is 49.6 Å². The fourth-order valence-corrected chi connectivity index (χ4v) is 3.09. The van der Waals surface area contributed by atoms with Crippen molar-refractivity contribution in [2.75, 3.05) is 44.3 Å². The number of nitrogens with zero attached hydrogens (tertiary/aromatic N) is 2. The number of nitrogens with one attached hydrogen (secondary N) is 1. The van der Waals surface area contributed by atoms with Crippen LogP contribution in [0.4, 0.5) is 5.69 Å². The molecular weight excluding hydrogens is 483 g/mol. The maximum Gasteiger partial charge on any atom is 0.188 e. The van der Waals surface area contributed by atoms with Crippen molar-refractivity contribution in [1.29, 1.82) is 0 Å². The maximum absolute atomic E-state index is 5.91. The fourth-order valence-electron chi connectivity index (χ4n) is 2.71. The van der Waals surface area contributed by atoms with E-state index in [4.69, 9.17) is 10.5 Å². The summed E-state index contributed by atoms with van der Waals surface area (Å²) >= 11 is 3.53. The lowest BCUT2D eigenvalue weighted by Crippen LogP contribution is -2.33. The topological polar surface area (TPSA) is 62.9 Å².